The minimum atomic E-state index is -3.71. The van der Waals surface area contributed by atoms with Gasteiger partial charge in [0.2, 0.25) is 10.0 Å². The number of thiazole rings is 1. The summed E-state index contributed by atoms with van der Waals surface area (Å²) in [6, 6.07) is 10.5. The SMILES string of the molecule is C=CCn1c(=NC(=O)C2CCCN(S(=O)(=O)c3ccc(OC)cc3)C2)sc2c(C)cc(C)cc21. The molecule has 0 spiro atoms. The van der Waals surface area contributed by atoms with E-state index in [9.17, 15) is 13.2 Å². The molecule has 1 aliphatic rings. The van der Waals surface area contributed by atoms with Crippen molar-refractivity contribution in [3.8, 4) is 5.75 Å². The van der Waals surface area contributed by atoms with Gasteiger partial charge in [0.1, 0.15) is 5.75 Å². The van der Waals surface area contributed by atoms with Crippen LogP contribution in [0.2, 0.25) is 0 Å². The van der Waals surface area contributed by atoms with E-state index in [0.717, 1.165) is 21.3 Å². The first-order chi connectivity index (χ1) is 16.2. The van der Waals surface area contributed by atoms with Crippen molar-refractivity contribution in [2.24, 2.45) is 10.9 Å². The minimum absolute atomic E-state index is 0.126. The molecular formula is C25H29N3O4S2. The number of aryl methyl sites for hydroxylation is 2. The number of fused-ring (bicyclic) bond motifs is 1. The average Bonchev–Trinajstić information content (AvgIpc) is 3.16. The predicted octanol–water partition coefficient (Wildman–Crippen LogP) is 4.04. The Labute approximate surface area is 204 Å². The second kappa shape index (κ2) is 9.85. The number of carbonyl (C=O) groups excluding carboxylic acids is 1. The molecule has 0 saturated carbocycles. The van der Waals surface area contributed by atoms with Gasteiger partial charge in [-0.3, -0.25) is 4.79 Å². The highest BCUT2D eigenvalue weighted by molar-refractivity contribution is 7.89. The normalized spacial score (nSPS) is 17.7. The molecule has 1 aliphatic heterocycles. The number of rotatable bonds is 6. The van der Waals surface area contributed by atoms with Crippen LogP contribution in [0.3, 0.4) is 0 Å². The summed E-state index contributed by atoms with van der Waals surface area (Å²) in [7, 11) is -2.17. The molecular weight excluding hydrogens is 470 g/mol. The Kier molecular flexibility index (Phi) is 7.06. The van der Waals surface area contributed by atoms with E-state index in [0.29, 0.717) is 36.5 Å². The number of sulfonamides is 1. The Morgan fingerprint density at radius 3 is 2.68 bits per heavy atom. The van der Waals surface area contributed by atoms with Crippen LogP contribution >= 0.6 is 11.3 Å². The molecule has 4 rings (SSSR count). The van der Waals surface area contributed by atoms with Gasteiger partial charge in [-0.25, -0.2) is 8.42 Å². The number of benzene rings is 2. The molecule has 2 heterocycles. The summed E-state index contributed by atoms with van der Waals surface area (Å²) in [4.78, 5) is 18.5. The second-order valence-corrected chi connectivity index (χ2v) is 11.5. The van der Waals surface area contributed by atoms with E-state index in [1.807, 2.05) is 11.5 Å². The molecule has 9 heteroatoms. The van der Waals surface area contributed by atoms with E-state index < -0.39 is 15.9 Å². The number of ether oxygens (including phenoxy) is 1. The topological polar surface area (TPSA) is 81.0 Å². The van der Waals surface area contributed by atoms with Crippen LogP contribution in [0.1, 0.15) is 24.0 Å². The second-order valence-electron chi connectivity index (χ2n) is 8.54. The summed E-state index contributed by atoms with van der Waals surface area (Å²) in [5, 5.41) is 0. The lowest BCUT2D eigenvalue weighted by Crippen LogP contribution is -2.42. The first kappa shape index (κ1) is 24.4. The number of methoxy groups -OCH3 is 1. The molecule has 1 saturated heterocycles. The molecule has 34 heavy (non-hydrogen) atoms. The number of hydrogen-bond donors (Lipinski definition) is 0. The molecule has 0 N–H and O–H groups in total. The van der Waals surface area contributed by atoms with Crippen molar-refractivity contribution in [3.63, 3.8) is 0 Å². The highest BCUT2D eigenvalue weighted by Crippen LogP contribution is 2.27. The summed E-state index contributed by atoms with van der Waals surface area (Å²) in [5.74, 6) is -0.175. The van der Waals surface area contributed by atoms with E-state index in [1.165, 1.54) is 34.9 Å². The number of hydrogen-bond acceptors (Lipinski definition) is 5. The Balaban J connectivity index is 1.63. The van der Waals surface area contributed by atoms with Gasteiger partial charge in [-0.2, -0.15) is 9.30 Å². The highest BCUT2D eigenvalue weighted by atomic mass is 32.2. The fourth-order valence-corrected chi connectivity index (χ4v) is 6.97. The monoisotopic (exact) mass is 499 g/mol. The van der Waals surface area contributed by atoms with Crippen LogP contribution in [0.15, 0.2) is 58.9 Å². The number of aromatic nitrogens is 1. The third-order valence-electron chi connectivity index (χ3n) is 6.06. The van der Waals surface area contributed by atoms with Gasteiger partial charge >= 0.3 is 0 Å². The van der Waals surface area contributed by atoms with Gasteiger partial charge in [0, 0.05) is 19.6 Å². The third-order valence-corrected chi connectivity index (χ3v) is 9.17. The van der Waals surface area contributed by atoms with Gasteiger partial charge in [-0.15, -0.1) is 6.58 Å². The zero-order valence-electron chi connectivity index (χ0n) is 19.7. The zero-order chi connectivity index (χ0) is 24.5. The van der Waals surface area contributed by atoms with E-state index >= 15 is 0 Å². The van der Waals surface area contributed by atoms with E-state index in [1.54, 1.807) is 18.2 Å². The fraction of sp³-hybridized carbons (Fsp3) is 0.360. The molecule has 1 atom stereocenters. The Morgan fingerprint density at radius 1 is 1.26 bits per heavy atom. The van der Waals surface area contributed by atoms with Crippen LogP contribution in [0, 0.1) is 19.8 Å². The van der Waals surface area contributed by atoms with Crippen LogP contribution in [0.4, 0.5) is 0 Å². The molecule has 3 aromatic rings. The molecule has 180 valence electrons. The largest absolute Gasteiger partial charge is 0.497 e. The number of carbonyl (C=O) groups is 1. The summed E-state index contributed by atoms with van der Waals surface area (Å²) in [6.45, 7) is 9.00. The highest BCUT2D eigenvalue weighted by Gasteiger charge is 2.33. The smallest absolute Gasteiger partial charge is 0.252 e. The minimum Gasteiger partial charge on any atom is -0.497 e. The maximum absolute atomic E-state index is 13.2. The number of amides is 1. The van der Waals surface area contributed by atoms with Crippen LogP contribution in [0.25, 0.3) is 10.2 Å². The third kappa shape index (κ3) is 4.73. The Morgan fingerprint density at radius 2 is 2.00 bits per heavy atom. The van der Waals surface area contributed by atoms with Crippen molar-refractivity contribution in [1.29, 1.82) is 0 Å². The fourth-order valence-electron chi connectivity index (χ4n) is 4.35. The Bertz CT molecular complexity index is 1400. The Hall–Kier alpha value is -2.75. The lowest BCUT2D eigenvalue weighted by atomic mass is 9.99. The van der Waals surface area contributed by atoms with E-state index in [2.05, 4.69) is 30.6 Å². The van der Waals surface area contributed by atoms with Crippen molar-refractivity contribution >= 4 is 37.5 Å². The summed E-state index contributed by atoms with van der Waals surface area (Å²) < 4.78 is 35.9. The van der Waals surface area contributed by atoms with Crippen molar-refractivity contribution < 1.29 is 17.9 Å². The molecule has 0 radical (unpaired) electrons. The standard InChI is InChI=1S/C25H29N3O4S2/c1-5-12-28-22-15-17(2)14-18(3)23(22)33-25(28)26-24(29)19-7-6-13-27(16-19)34(30,31)21-10-8-20(32-4)9-11-21/h5,8-11,14-15,19H,1,6-7,12-13,16H2,2-4H3. The lowest BCUT2D eigenvalue weighted by molar-refractivity contribution is -0.122. The first-order valence-electron chi connectivity index (χ1n) is 11.2. The van der Waals surface area contributed by atoms with Crippen LogP contribution < -0.4 is 9.54 Å². The maximum atomic E-state index is 13.2. The molecule has 1 aromatic heterocycles. The van der Waals surface area contributed by atoms with E-state index in [4.69, 9.17) is 4.74 Å². The van der Waals surface area contributed by atoms with E-state index in [-0.39, 0.29) is 17.3 Å². The van der Waals surface area contributed by atoms with Crippen molar-refractivity contribution in [3.05, 3.63) is 65.0 Å². The zero-order valence-corrected chi connectivity index (χ0v) is 21.3. The quantitative estimate of drug-likeness (QED) is 0.480. The molecule has 1 unspecified atom stereocenters. The van der Waals surface area contributed by atoms with Crippen molar-refractivity contribution in [2.45, 2.75) is 38.1 Å². The lowest BCUT2D eigenvalue weighted by Gasteiger charge is -2.30. The van der Waals surface area contributed by atoms with Crippen LogP contribution in [0.5, 0.6) is 5.75 Å². The molecule has 7 nitrogen and oxygen atoms in total. The molecule has 2 aromatic carbocycles. The number of nitrogens with zero attached hydrogens (tertiary/aromatic N) is 3. The summed E-state index contributed by atoms with van der Waals surface area (Å²) >= 11 is 1.48. The van der Waals surface area contributed by atoms with Gasteiger partial charge in [-0.05, 0) is 68.1 Å². The van der Waals surface area contributed by atoms with Gasteiger partial charge < -0.3 is 9.30 Å². The average molecular weight is 500 g/mol. The van der Waals surface area contributed by atoms with Crippen molar-refractivity contribution in [1.82, 2.24) is 8.87 Å². The molecule has 1 fully saturated rings. The number of piperidine rings is 1. The summed E-state index contributed by atoms with van der Waals surface area (Å²) in [6.07, 6.45) is 3.01. The van der Waals surface area contributed by atoms with Crippen molar-refractivity contribution in [2.75, 3.05) is 20.2 Å². The van der Waals surface area contributed by atoms with Crippen LogP contribution in [-0.2, 0) is 21.4 Å². The maximum Gasteiger partial charge on any atom is 0.252 e. The van der Waals surface area contributed by atoms with Gasteiger partial charge in [0.05, 0.1) is 28.1 Å². The van der Waals surface area contributed by atoms with Gasteiger partial charge in [0.25, 0.3) is 5.91 Å². The molecule has 0 bridgehead atoms. The van der Waals surface area contributed by atoms with Gasteiger partial charge in [-0.1, -0.05) is 23.5 Å². The predicted molar refractivity (Wildman–Crippen MR) is 135 cm³/mol. The summed E-state index contributed by atoms with van der Waals surface area (Å²) in [5.41, 5.74) is 3.31. The van der Waals surface area contributed by atoms with Gasteiger partial charge in [0.15, 0.2) is 4.80 Å². The number of allylic oxidation sites excluding steroid dienone is 1. The molecule has 1 amide bonds. The first-order valence-corrected chi connectivity index (χ1v) is 13.4. The molecule has 0 aliphatic carbocycles. The van der Waals surface area contributed by atoms with Crippen LogP contribution in [-0.4, -0.2) is 43.4 Å².